The summed E-state index contributed by atoms with van der Waals surface area (Å²) in [6.07, 6.45) is -23.5. The lowest BCUT2D eigenvalue weighted by atomic mass is 9.55. The Hall–Kier alpha value is -2.94. The van der Waals surface area contributed by atoms with Gasteiger partial charge in [0.25, 0.3) is 0 Å². The van der Waals surface area contributed by atoms with Crippen LogP contribution in [-0.2, 0) is 33.2 Å². The topological polar surface area (TPSA) is 329 Å². The van der Waals surface area contributed by atoms with Gasteiger partial charge in [-0.15, -0.1) is 0 Å². The minimum absolute atomic E-state index is 0.00830. The third kappa shape index (κ3) is 6.47. The maximum atomic E-state index is 15.3. The zero-order valence-corrected chi connectivity index (χ0v) is 31.9. The number of phenols is 1. The molecular formula is C37H46O20S. The van der Waals surface area contributed by atoms with Crippen LogP contribution < -0.4 is 0 Å². The molecule has 20 nitrogen and oxygen atoms in total. The summed E-state index contributed by atoms with van der Waals surface area (Å²) in [6, 6.07) is 3.53. The lowest BCUT2D eigenvalue weighted by molar-refractivity contribution is -0.368. The van der Waals surface area contributed by atoms with Gasteiger partial charge in [-0.05, 0) is 32.4 Å². The Kier molecular flexibility index (Phi) is 11.5. The minimum atomic E-state index is -3.22. The number of allylic oxidation sites excluding steroid dienone is 2. The number of carbonyl (C=O) groups is 3. The number of hydrogen-bond acceptors (Lipinski definition) is 21. The van der Waals surface area contributed by atoms with Gasteiger partial charge in [0.1, 0.15) is 60.3 Å². The van der Waals surface area contributed by atoms with E-state index in [1.807, 2.05) is 0 Å². The first kappa shape index (κ1) is 43.2. The second-order valence-corrected chi connectivity index (χ2v) is 16.2. The highest BCUT2D eigenvalue weighted by Crippen LogP contribution is 2.59. The molecule has 0 radical (unpaired) electrons. The van der Waals surface area contributed by atoms with E-state index in [2.05, 4.69) is 12.6 Å². The van der Waals surface area contributed by atoms with E-state index in [9.17, 15) is 65.8 Å². The monoisotopic (exact) mass is 842 g/mol. The van der Waals surface area contributed by atoms with Crippen LogP contribution in [0, 0.1) is 0 Å². The summed E-state index contributed by atoms with van der Waals surface area (Å²) in [7, 11) is 0. The summed E-state index contributed by atoms with van der Waals surface area (Å²) in [5, 5.41) is 118. The Bertz CT molecular complexity index is 1880. The van der Waals surface area contributed by atoms with Crippen LogP contribution in [0.2, 0.25) is 0 Å². The van der Waals surface area contributed by atoms with Crippen LogP contribution in [0.3, 0.4) is 0 Å². The number of aliphatic hydroxyl groups is 10. The van der Waals surface area contributed by atoms with Crippen molar-refractivity contribution in [1.82, 2.24) is 0 Å². The molecule has 4 fully saturated rings. The van der Waals surface area contributed by atoms with Crippen molar-refractivity contribution in [2.45, 2.75) is 135 Å². The van der Waals surface area contributed by atoms with E-state index in [0.717, 1.165) is 19.1 Å². The van der Waals surface area contributed by atoms with Crippen molar-refractivity contribution in [3.05, 3.63) is 52.3 Å². The van der Waals surface area contributed by atoms with Crippen LogP contribution >= 0.6 is 12.6 Å². The molecule has 1 aromatic carbocycles. The summed E-state index contributed by atoms with van der Waals surface area (Å²) in [6.45, 7) is 0.623. The quantitative estimate of drug-likeness (QED) is 0.111. The predicted molar refractivity (Wildman–Crippen MR) is 191 cm³/mol. The second-order valence-electron chi connectivity index (χ2n) is 15.6. The Morgan fingerprint density at radius 2 is 1.47 bits per heavy atom. The molecule has 13 unspecified atom stereocenters. The number of Topliss-reactive ketones (excluding diaryl/α,β-unsaturated/α-hetero) is 3. The van der Waals surface area contributed by atoms with Crippen LogP contribution in [0.15, 0.2) is 41.2 Å². The van der Waals surface area contributed by atoms with Gasteiger partial charge in [-0.25, -0.2) is 0 Å². The molecule has 0 amide bonds. The number of benzene rings is 1. The van der Waals surface area contributed by atoms with E-state index >= 15 is 4.79 Å². The lowest BCUT2D eigenvalue weighted by Crippen LogP contribution is -2.79. The third-order valence-corrected chi connectivity index (χ3v) is 12.4. The number of ketones is 3. The van der Waals surface area contributed by atoms with Crippen LogP contribution in [0.25, 0.3) is 0 Å². The van der Waals surface area contributed by atoms with E-state index < -0.39 is 173 Å². The summed E-state index contributed by atoms with van der Waals surface area (Å²) < 4.78 is 36.8. The van der Waals surface area contributed by atoms with E-state index in [-0.39, 0.29) is 12.8 Å². The Morgan fingerprint density at radius 1 is 0.828 bits per heavy atom. The van der Waals surface area contributed by atoms with Gasteiger partial charge < -0.3 is 84.6 Å². The van der Waals surface area contributed by atoms with Crippen LogP contribution in [0.5, 0.6) is 5.75 Å². The summed E-state index contributed by atoms with van der Waals surface area (Å²) in [5.41, 5.74) is -11.2. The summed E-state index contributed by atoms with van der Waals surface area (Å²) in [5.74, 6) is -5.19. The molecular weight excluding hydrogens is 796 g/mol. The molecule has 58 heavy (non-hydrogen) atoms. The van der Waals surface area contributed by atoms with Gasteiger partial charge in [0, 0.05) is 24.0 Å². The molecule has 320 valence electrons. The zero-order valence-electron chi connectivity index (χ0n) is 31.0. The molecule has 17 atom stereocenters. The fourth-order valence-corrected chi connectivity index (χ4v) is 8.90. The predicted octanol–water partition coefficient (Wildman–Crippen LogP) is -4.00. The van der Waals surface area contributed by atoms with Crippen molar-refractivity contribution < 1.29 is 99.0 Å². The van der Waals surface area contributed by atoms with Gasteiger partial charge in [-0.1, -0.05) is 12.1 Å². The molecule has 3 saturated heterocycles. The molecule has 3 aliphatic carbocycles. The first-order chi connectivity index (χ1) is 27.3. The molecule has 11 N–H and O–H groups in total. The van der Waals surface area contributed by atoms with Crippen LogP contribution in [0.1, 0.15) is 53.8 Å². The van der Waals surface area contributed by atoms with Crippen molar-refractivity contribution in [3.8, 4) is 5.75 Å². The number of aromatic hydroxyl groups is 1. The van der Waals surface area contributed by atoms with Gasteiger partial charge in [0.2, 0.25) is 12.1 Å². The summed E-state index contributed by atoms with van der Waals surface area (Å²) >= 11 is 4.35. The van der Waals surface area contributed by atoms with Crippen molar-refractivity contribution in [1.29, 1.82) is 0 Å². The van der Waals surface area contributed by atoms with Gasteiger partial charge in [-0.2, -0.15) is 12.6 Å². The molecule has 6 aliphatic rings. The van der Waals surface area contributed by atoms with Gasteiger partial charge in [-0.3, -0.25) is 14.4 Å². The Morgan fingerprint density at radius 3 is 2.10 bits per heavy atom. The number of rotatable bonds is 8. The van der Waals surface area contributed by atoms with Gasteiger partial charge in [0.05, 0.1) is 47.4 Å². The molecule has 1 aromatic rings. The minimum Gasteiger partial charge on any atom is -0.507 e. The average Bonchev–Trinajstić information content (AvgIpc) is 3.18. The highest BCUT2D eigenvalue weighted by Gasteiger charge is 2.77. The SMILES string of the molecule is CC1OC(O[C@@]23C(=O)[C@@H](O)[C@](C)(O)C[C@]2(OC2OC(CO)C(O)C(O)C2O)C(OC2OC(CO)C(O)C(O)C2S)=CC2=C3C(=O)c3cccc(O)c3C2=O)CCC1O. The molecule has 3 heterocycles. The number of fused-ring (bicyclic) bond motifs is 3. The maximum absolute atomic E-state index is 15.3. The van der Waals surface area contributed by atoms with Crippen molar-refractivity contribution >= 4 is 30.0 Å². The summed E-state index contributed by atoms with van der Waals surface area (Å²) in [4.78, 5) is 44.9. The normalized spacial score (nSPS) is 45.6. The van der Waals surface area contributed by atoms with Gasteiger partial charge >= 0.3 is 0 Å². The van der Waals surface area contributed by atoms with Gasteiger partial charge in [0.15, 0.2) is 35.3 Å². The van der Waals surface area contributed by atoms with Crippen molar-refractivity contribution in [2.24, 2.45) is 0 Å². The molecule has 0 aromatic heterocycles. The standard InChI is InChI=1S/C37H46O20S/c1-12-15(40)6-7-20(52-12)56-37-22-14(23(42)21-13(24(22)43)4-3-5-16(21)41)8-19(55-34-30(58)28(47)26(45)18(10-39)54-34)36(37,11-35(2,51)31(49)32(37)50)57-33-29(48)27(46)25(44)17(9-38)53-33/h3-5,8,12,15,17-18,20,25-31,33-34,38-41,44-49,51,58H,6-7,9-11H2,1-2H3/t12?,15?,17?,18?,20?,25?,26?,27?,28?,29?,30?,31-,33?,34?,35-,36+,37+/m1/s1. The van der Waals surface area contributed by atoms with E-state index in [1.165, 1.54) is 19.1 Å². The average molecular weight is 843 g/mol. The Balaban J connectivity index is 1.54. The molecule has 1 saturated carbocycles. The Labute approximate surface area is 334 Å². The molecule has 3 aliphatic heterocycles. The number of hydrogen-bond donors (Lipinski definition) is 12. The number of carbonyl (C=O) groups excluding carboxylic acids is 3. The highest BCUT2D eigenvalue weighted by molar-refractivity contribution is 7.81. The van der Waals surface area contributed by atoms with E-state index in [4.69, 9.17) is 28.4 Å². The first-order valence-electron chi connectivity index (χ1n) is 18.6. The lowest BCUT2D eigenvalue weighted by Gasteiger charge is -2.60. The number of ether oxygens (including phenoxy) is 6. The second kappa shape index (κ2) is 15.5. The van der Waals surface area contributed by atoms with Crippen LogP contribution in [-0.4, -0.2) is 189 Å². The third-order valence-electron chi connectivity index (χ3n) is 11.8. The zero-order chi connectivity index (χ0) is 42.4. The highest BCUT2D eigenvalue weighted by atomic mass is 32.1. The largest absolute Gasteiger partial charge is 0.507 e. The molecule has 21 heteroatoms. The molecule has 0 bridgehead atoms. The van der Waals surface area contributed by atoms with Crippen molar-refractivity contribution in [3.63, 3.8) is 0 Å². The first-order valence-corrected chi connectivity index (χ1v) is 19.1. The van der Waals surface area contributed by atoms with E-state index in [1.54, 1.807) is 0 Å². The smallest absolute Gasteiger partial charge is 0.214 e. The maximum Gasteiger partial charge on any atom is 0.214 e. The fraction of sp³-hybridized carbons (Fsp3) is 0.649. The van der Waals surface area contributed by atoms with Crippen molar-refractivity contribution in [2.75, 3.05) is 13.2 Å². The number of phenolic OH excluding ortho intramolecular Hbond substituents is 1. The number of aliphatic hydroxyl groups excluding tert-OH is 9. The van der Waals surface area contributed by atoms with E-state index in [0.29, 0.717) is 0 Å². The number of thiol groups is 1. The fourth-order valence-electron chi connectivity index (χ4n) is 8.59. The van der Waals surface area contributed by atoms with Crippen LogP contribution in [0.4, 0.5) is 0 Å². The molecule has 7 rings (SSSR count). The molecule has 0 spiro atoms.